The van der Waals surface area contributed by atoms with Gasteiger partial charge >= 0.3 is 0 Å². The van der Waals surface area contributed by atoms with Crippen LogP contribution in [-0.4, -0.2) is 50.2 Å². The number of carbonyl (C=O) groups excluding carboxylic acids is 3. The summed E-state index contributed by atoms with van der Waals surface area (Å²) in [6, 6.07) is 16.3. The summed E-state index contributed by atoms with van der Waals surface area (Å²) in [5.41, 5.74) is 6.98. The normalized spacial score (nSPS) is 10.4. The molecule has 0 fully saturated rings. The molecule has 0 atom stereocenters. The van der Waals surface area contributed by atoms with Crippen LogP contribution in [0.5, 0.6) is 0 Å². The number of carbonyl (C=O) groups is 3. The van der Waals surface area contributed by atoms with Crippen molar-refractivity contribution in [1.29, 1.82) is 0 Å². The molecule has 2 aromatic carbocycles. The number of nitrogens with zero attached hydrogens (tertiary/aromatic N) is 4. The van der Waals surface area contributed by atoms with Crippen molar-refractivity contribution in [3.8, 4) is 5.69 Å². The van der Waals surface area contributed by atoms with E-state index < -0.39 is 11.8 Å². The van der Waals surface area contributed by atoms with Crippen molar-refractivity contribution in [2.24, 2.45) is 0 Å². The number of hydrazine groups is 1. The minimum absolute atomic E-state index is 0.0112. The van der Waals surface area contributed by atoms with Crippen LogP contribution in [0, 0.1) is 6.92 Å². The van der Waals surface area contributed by atoms with Crippen LogP contribution in [-0.2, 0) is 9.59 Å². The topological polar surface area (TPSA) is 131 Å². The Balaban J connectivity index is 1.38. The summed E-state index contributed by atoms with van der Waals surface area (Å²) in [5, 5.41) is 14.7. The number of hydrogen-bond acceptors (Lipinski definition) is 7. The molecule has 3 aromatic rings. The molecule has 0 unspecified atom stereocenters. The number of tetrazole rings is 1. The summed E-state index contributed by atoms with van der Waals surface area (Å²) in [7, 11) is 0. The SMILES string of the molecule is Cc1ccccc1-n1nnnc1SCC(=O)NNC(=O)CCNC(=O)c1ccccc1. The van der Waals surface area contributed by atoms with Crippen molar-refractivity contribution >= 4 is 29.5 Å². The van der Waals surface area contributed by atoms with Crippen LogP contribution >= 0.6 is 11.8 Å². The molecular formula is C20H21N7O3S. The van der Waals surface area contributed by atoms with Crippen LogP contribution in [0.1, 0.15) is 22.3 Å². The van der Waals surface area contributed by atoms with Crippen LogP contribution in [0.3, 0.4) is 0 Å². The van der Waals surface area contributed by atoms with Crippen molar-refractivity contribution in [3.05, 3.63) is 65.7 Å². The van der Waals surface area contributed by atoms with E-state index in [1.165, 1.54) is 0 Å². The highest BCUT2D eigenvalue weighted by atomic mass is 32.2. The van der Waals surface area contributed by atoms with Gasteiger partial charge in [-0.25, -0.2) is 0 Å². The largest absolute Gasteiger partial charge is 0.352 e. The van der Waals surface area contributed by atoms with Gasteiger partial charge in [-0.3, -0.25) is 25.2 Å². The minimum Gasteiger partial charge on any atom is -0.352 e. The van der Waals surface area contributed by atoms with E-state index in [1.54, 1.807) is 28.9 Å². The average molecular weight is 440 g/mol. The van der Waals surface area contributed by atoms with Gasteiger partial charge in [0.25, 0.3) is 5.91 Å². The van der Waals surface area contributed by atoms with Gasteiger partial charge < -0.3 is 5.32 Å². The molecule has 0 saturated heterocycles. The molecule has 160 valence electrons. The molecule has 1 aromatic heterocycles. The minimum atomic E-state index is -0.420. The lowest BCUT2D eigenvalue weighted by atomic mass is 10.2. The van der Waals surface area contributed by atoms with E-state index in [2.05, 4.69) is 31.7 Å². The summed E-state index contributed by atoms with van der Waals surface area (Å²) in [5.74, 6) is -1.08. The number of para-hydroxylation sites is 1. The highest BCUT2D eigenvalue weighted by Crippen LogP contribution is 2.19. The Bertz CT molecular complexity index is 1060. The molecule has 11 heteroatoms. The molecule has 0 bridgehead atoms. The summed E-state index contributed by atoms with van der Waals surface area (Å²) < 4.78 is 1.56. The Morgan fingerprint density at radius 2 is 1.68 bits per heavy atom. The Morgan fingerprint density at radius 3 is 2.45 bits per heavy atom. The smallest absolute Gasteiger partial charge is 0.251 e. The van der Waals surface area contributed by atoms with Crippen molar-refractivity contribution in [2.45, 2.75) is 18.5 Å². The molecule has 31 heavy (non-hydrogen) atoms. The van der Waals surface area contributed by atoms with Gasteiger partial charge in [-0.1, -0.05) is 48.2 Å². The molecule has 3 rings (SSSR count). The van der Waals surface area contributed by atoms with Gasteiger partial charge in [0.05, 0.1) is 11.4 Å². The number of benzene rings is 2. The summed E-state index contributed by atoms with van der Waals surface area (Å²) >= 11 is 1.14. The van der Waals surface area contributed by atoms with E-state index in [0.29, 0.717) is 10.7 Å². The third-order valence-corrected chi connectivity index (χ3v) is 5.05. The maximum absolute atomic E-state index is 12.0. The van der Waals surface area contributed by atoms with Crippen LogP contribution in [0.25, 0.3) is 5.69 Å². The van der Waals surface area contributed by atoms with Gasteiger partial charge in [0.1, 0.15) is 0 Å². The zero-order valence-corrected chi connectivity index (χ0v) is 17.6. The number of aryl methyl sites for hydroxylation is 1. The fraction of sp³-hybridized carbons (Fsp3) is 0.200. The quantitative estimate of drug-likeness (QED) is 0.353. The van der Waals surface area contributed by atoms with Gasteiger partial charge in [-0.15, -0.1) is 5.10 Å². The molecule has 0 aliphatic heterocycles. The second-order valence-corrected chi connectivity index (χ2v) is 7.36. The Kier molecular flexibility index (Phi) is 7.71. The lowest BCUT2D eigenvalue weighted by molar-refractivity contribution is -0.127. The second-order valence-electron chi connectivity index (χ2n) is 6.42. The van der Waals surface area contributed by atoms with Crippen LogP contribution in [0.4, 0.5) is 0 Å². The average Bonchev–Trinajstić information content (AvgIpc) is 3.25. The van der Waals surface area contributed by atoms with Gasteiger partial charge in [0.15, 0.2) is 0 Å². The monoisotopic (exact) mass is 439 g/mol. The fourth-order valence-corrected chi connectivity index (χ4v) is 3.25. The molecule has 3 amide bonds. The first-order chi connectivity index (χ1) is 15.0. The Hall–Kier alpha value is -3.73. The van der Waals surface area contributed by atoms with Crippen LogP contribution < -0.4 is 16.2 Å². The highest BCUT2D eigenvalue weighted by Gasteiger charge is 2.13. The molecule has 10 nitrogen and oxygen atoms in total. The summed E-state index contributed by atoms with van der Waals surface area (Å²) in [6.45, 7) is 2.09. The van der Waals surface area contributed by atoms with Crippen molar-refractivity contribution in [2.75, 3.05) is 12.3 Å². The lowest BCUT2D eigenvalue weighted by Gasteiger charge is -2.09. The van der Waals surface area contributed by atoms with Crippen molar-refractivity contribution in [1.82, 2.24) is 36.4 Å². The zero-order chi connectivity index (χ0) is 22.1. The number of amides is 3. The first-order valence-corrected chi connectivity index (χ1v) is 10.4. The van der Waals surface area contributed by atoms with E-state index in [9.17, 15) is 14.4 Å². The number of aromatic nitrogens is 4. The van der Waals surface area contributed by atoms with Crippen LogP contribution in [0.15, 0.2) is 59.8 Å². The third kappa shape index (κ3) is 6.37. The van der Waals surface area contributed by atoms with E-state index in [-0.39, 0.29) is 24.6 Å². The maximum atomic E-state index is 12.0. The van der Waals surface area contributed by atoms with Crippen molar-refractivity contribution < 1.29 is 14.4 Å². The van der Waals surface area contributed by atoms with Gasteiger partial charge in [-0.2, -0.15) is 4.68 Å². The lowest BCUT2D eigenvalue weighted by Crippen LogP contribution is -2.43. The number of thioether (sulfide) groups is 1. The molecule has 0 saturated carbocycles. The van der Waals surface area contributed by atoms with E-state index in [4.69, 9.17) is 0 Å². The fourth-order valence-electron chi connectivity index (χ4n) is 2.57. The van der Waals surface area contributed by atoms with Crippen LogP contribution in [0.2, 0.25) is 0 Å². The van der Waals surface area contributed by atoms with Gasteiger partial charge in [0.2, 0.25) is 17.0 Å². The van der Waals surface area contributed by atoms with Gasteiger partial charge in [0, 0.05) is 18.5 Å². The first kappa shape index (κ1) is 22.0. The number of nitrogens with one attached hydrogen (secondary N) is 3. The Morgan fingerprint density at radius 1 is 0.968 bits per heavy atom. The molecule has 0 aliphatic rings. The standard InChI is InChI=1S/C20H21N7O3S/c1-14-7-5-6-10-16(14)27-20(24-25-26-27)31-13-18(29)23-22-17(28)11-12-21-19(30)15-8-3-2-4-9-15/h2-10H,11-13H2,1H3,(H,21,30)(H,22,28)(H,23,29). The highest BCUT2D eigenvalue weighted by molar-refractivity contribution is 7.99. The first-order valence-electron chi connectivity index (χ1n) is 9.42. The number of hydrogen-bond donors (Lipinski definition) is 3. The molecule has 0 radical (unpaired) electrons. The predicted molar refractivity (Wildman–Crippen MR) is 114 cm³/mol. The van der Waals surface area contributed by atoms with Gasteiger partial charge in [-0.05, 0) is 41.1 Å². The second kappa shape index (κ2) is 10.9. The maximum Gasteiger partial charge on any atom is 0.251 e. The molecule has 1 heterocycles. The van der Waals surface area contributed by atoms with E-state index in [0.717, 1.165) is 23.0 Å². The summed E-state index contributed by atoms with van der Waals surface area (Å²) in [4.78, 5) is 35.8. The van der Waals surface area contributed by atoms with E-state index >= 15 is 0 Å². The molecule has 3 N–H and O–H groups in total. The third-order valence-electron chi connectivity index (χ3n) is 4.13. The van der Waals surface area contributed by atoms with E-state index in [1.807, 2.05) is 37.3 Å². The molecule has 0 aliphatic carbocycles. The molecule has 0 spiro atoms. The zero-order valence-electron chi connectivity index (χ0n) is 16.7. The van der Waals surface area contributed by atoms with Crippen molar-refractivity contribution in [3.63, 3.8) is 0 Å². The Labute approximate surface area is 182 Å². The summed E-state index contributed by atoms with van der Waals surface area (Å²) in [6.07, 6.45) is 0.0253. The molecular weight excluding hydrogens is 418 g/mol. The predicted octanol–water partition coefficient (Wildman–Crippen LogP) is 1.03. The number of rotatable bonds is 8.